The van der Waals surface area contributed by atoms with E-state index in [2.05, 4.69) is 0 Å². The summed E-state index contributed by atoms with van der Waals surface area (Å²) in [4.78, 5) is 23.7. The third kappa shape index (κ3) is 2.95. The Morgan fingerprint density at radius 1 is 1.04 bits per heavy atom. The summed E-state index contributed by atoms with van der Waals surface area (Å²) in [7, 11) is 0. The van der Waals surface area contributed by atoms with Crippen LogP contribution in [-0.2, 0) is 19.9 Å². The Hall–Kier alpha value is -2.68. The van der Waals surface area contributed by atoms with Gasteiger partial charge in [-0.05, 0) is 18.6 Å². The van der Waals surface area contributed by atoms with Crippen molar-refractivity contribution in [2.24, 2.45) is 0 Å². The molecule has 0 aromatic heterocycles. The first-order chi connectivity index (χ1) is 11.1. The van der Waals surface area contributed by atoms with Gasteiger partial charge in [0.1, 0.15) is 5.78 Å². The summed E-state index contributed by atoms with van der Waals surface area (Å²) in [5, 5.41) is 0. The maximum Gasteiger partial charge on any atom is 0.331 e. The van der Waals surface area contributed by atoms with Gasteiger partial charge < -0.3 is 9.53 Å². The Kier molecular flexibility index (Phi) is 4.11. The van der Waals surface area contributed by atoms with Crippen molar-refractivity contribution in [3.63, 3.8) is 0 Å². The van der Waals surface area contributed by atoms with Crippen LogP contribution in [0.15, 0.2) is 72.8 Å². The predicted molar refractivity (Wildman–Crippen MR) is 87.8 cm³/mol. The first-order valence-corrected chi connectivity index (χ1v) is 7.64. The lowest BCUT2D eigenvalue weighted by Gasteiger charge is -2.35. The second-order valence-corrected chi connectivity index (χ2v) is 5.78. The fourth-order valence-electron chi connectivity index (χ4n) is 3.16. The van der Waals surface area contributed by atoms with Crippen molar-refractivity contribution >= 4 is 11.8 Å². The van der Waals surface area contributed by atoms with Crippen molar-refractivity contribution in [2.45, 2.75) is 24.9 Å². The number of esters is 1. The maximum absolute atomic E-state index is 11.9. The smallest absolute Gasteiger partial charge is 0.331 e. The molecule has 2 aromatic carbocycles. The molecule has 0 saturated heterocycles. The van der Waals surface area contributed by atoms with Crippen LogP contribution in [0.3, 0.4) is 0 Å². The molecule has 0 saturated carbocycles. The van der Waals surface area contributed by atoms with Crippen molar-refractivity contribution in [1.82, 2.24) is 0 Å². The van der Waals surface area contributed by atoms with Crippen molar-refractivity contribution in [3.8, 4) is 0 Å². The van der Waals surface area contributed by atoms with Gasteiger partial charge in [0.25, 0.3) is 0 Å². The lowest BCUT2D eigenvalue weighted by molar-refractivity contribution is -0.149. The molecule has 0 fully saturated rings. The number of ether oxygens (including phenoxy) is 1. The third-order valence-electron chi connectivity index (χ3n) is 4.17. The molecular formula is C20H18O3. The van der Waals surface area contributed by atoms with Gasteiger partial charge in [-0.3, -0.25) is 0 Å². The predicted octanol–water partition coefficient (Wildman–Crippen LogP) is 3.76. The molecule has 0 aliphatic carbocycles. The number of Topliss-reactive ketones (excluding diaryl/α,β-unsaturated/α-hetero) is 1. The number of carbonyl (C=O) groups is 2. The van der Waals surface area contributed by atoms with Crippen LogP contribution in [0.4, 0.5) is 0 Å². The standard InChI is InChI=1S/C20H18O3/c1-15(21)14-18(16-8-4-2-5-9-16)20(13-12-19(22)23-20)17-10-6-3-7-11-17/h2-13,18H,14H2,1H3/t18-,20-/m1/s1. The summed E-state index contributed by atoms with van der Waals surface area (Å²) in [6.07, 6.45) is 3.53. The first kappa shape index (κ1) is 15.2. The highest BCUT2D eigenvalue weighted by Gasteiger charge is 2.46. The van der Waals surface area contributed by atoms with E-state index >= 15 is 0 Å². The molecule has 3 rings (SSSR count). The molecule has 1 aliphatic rings. The van der Waals surface area contributed by atoms with Gasteiger partial charge >= 0.3 is 5.97 Å². The first-order valence-electron chi connectivity index (χ1n) is 7.64. The van der Waals surface area contributed by atoms with E-state index < -0.39 is 5.60 Å². The minimum atomic E-state index is -0.939. The molecule has 3 heteroatoms. The second-order valence-electron chi connectivity index (χ2n) is 5.78. The minimum absolute atomic E-state index is 0.0607. The number of ketones is 1. The van der Waals surface area contributed by atoms with E-state index in [4.69, 9.17) is 4.74 Å². The van der Waals surface area contributed by atoms with Gasteiger partial charge in [0.15, 0.2) is 5.60 Å². The number of carbonyl (C=O) groups excluding carboxylic acids is 2. The SMILES string of the molecule is CC(=O)C[C@H](c1ccccc1)[C@]1(c2ccccc2)C=CC(=O)O1. The summed E-state index contributed by atoms with van der Waals surface area (Å²) in [6.45, 7) is 1.56. The summed E-state index contributed by atoms with van der Waals surface area (Å²) in [5.74, 6) is -0.574. The molecule has 1 heterocycles. The van der Waals surface area contributed by atoms with E-state index in [0.717, 1.165) is 11.1 Å². The lowest BCUT2D eigenvalue weighted by atomic mass is 9.75. The molecule has 0 unspecified atom stereocenters. The van der Waals surface area contributed by atoms with Gasteiger partial charge in [0.05, 0.1) is 0 Å². The van der Waals surface area contributed by atoms with Crippen LogP contribution >= 0.6 is 0 Å². The minimum Gasteiger partial charge on any atom is -0.446 e. The van der Waals surface area contributed by atoms with Gasteiger partial charge in [0.2, 0.25) is 0 Å². The highest BCUT2D eigenvalue weighted by molar-refractivity contribution is 5.86. The Morgan fingerprint density at radius 2 is 1.65 bits per heavy atom. The van der Waals surface area contributed by atoms with Crippen LogP contribution in [0.5, 0.6) is 0 Å². The summed E-state index contributed by atoms with van der Waals surface area (Å²) >= 11 is 0. The second kappa shape index (κ2) is 6.21. The summed E-state index contributed by atoms with van der Waals surface area (Å²) < 4.78 is 5.75. The highest BCUT2D eigenvalue weighted by Crippen LogP contribution is 2.46. The zero-order valence-corrected chi connectivity index (χ0v) is 12.9. The van der Waals surface area contributed by atoms with E-state index in [-0.39, 0.29) is 17.7 Å². The fourth-order valence-corrected chi connectivity index (χ4v) is 3.16. The molecule has 2 aromatic rings. The van der Waals surface area contributed by atoms with Crippen LogP contribution in [0.25, 0.3) is 0 Å². The monoisotopic (exact) mass is 306 g/mol. The molecule has 0 N–H and O–H groups in total. The molecule has 3 nitrogen and oxygen atoms in total. The summed E-state index contributed by atoms with van der Waals surface area (Å²) in [6, 6.07) is 19.3. The number of rotatable bonds is 5. The van der Waals surface area contributed by atoms with Crippen LogP contribution in [-0.4, -0.2) is 11.8 Å². The molecule has 0 amide bonds. The van der Waals surface area contributed by atoms with Gasteiger partial charge in [-0.15, -0.1) is 0 Å². The number of hydrogen-bond acceptors (Lipinski definition) is 3. The van der Waals surface area contributed by atoms with Crippen molar-refractivity contribution in [3.05, 3.63) is 83.9 Å². The summed E-state index contributed by atoms with van der Waals surface area (Å²) in [5.41, 5.74) is 0.911. The molecule has 1 aliphatic heterocycles. The zero-order chi connectivity index (χ0) is 16.3. The maximum atomic E-state index is 11.9. The quantitative estimate of drug-likeness (QED) is 0.790. The number of cyclic esters (lactones) is 1. The van der Waals surface area contributed by atoms with Crippen molar-refractivity contribution in [1.29, 1.82) is 0 Å². The molecule has 23 heavy (non-hydrogen) atoms. The fraction of sp³-hybridized carbons (Fsp3) is 0.200. The lowest BCUT2D eigenvalue weighted by Crippen LogP contribution is -2.34. The topological polar surface area (TPSA) is 43.4 Å². The van der Waals surface area contributed by atoms with Crippen LogP contribution in [0.1, 0.15) is 30.4 Å². The Bertz CT molecular complexity index is 734. The normalized spacial score (nSPS) is 21.0. The zero-order valence-electron chi connectivity index (χ0n) is 12.9. The Balaban J connectivity index is 2.15. The van der Waals surface area contributed by atoms with Crippen molar-refractivity contribution in [2.75, 3.05) is 0 Å². The molecule has 0 bridgehead atoms. The average Bonchev–Trinajstić information content (AvgIpc) is 2.97. The number of hydrogen-bond donors (Lipinski definition) is 0. The van der Waals surface area contributed by atoms with E-state index in [1.807, 2.05) is 60.7 Å². The third-order valence-corrected chi connectivity index (χ3v) is 4.17. The molecule has 2 atom stereocenters. The van der Waals surface area contributed by atoms with E-state index in [9.17, 15) is 9.59 Å². The van der Waals surface area contributed by atoms with E-state index in [1.54, 1.807) is 13.0 Å². The van der Waals surface area contributed by atoms with Gasteiger partial charge in [-0.1, -0.05) is 60.7 Å². The Morgan fingerprint density at radius 3 is 2.17 bits per heavy atom. The largest absolute Gasteiger partial charge is 0.446 e. The van der Waals surface area contributed by atoms with Gasteiger partial charge in [-0.2, -0.15) is 0 Å². The van der Waals surface area contributed by atoms with E-state index in [1.165, 1.54) is 6.08 Å². The van der Waals surface area contributed by atoms with Crippen LogP contribution in [0.2, 0.25) is 0 Å². The van der Waals surface area contributed by atoms with Crippen molar-refractivity contribution < 1.29 is 14.3 Å². The molecule has 0 radical (unpaired) electrons. The molecular weight excluding hydrogens is 288 g/mol. The average molecular weight is 306 g/mol. The Labute approximate surface area is 135 Å². The number of benzene rings is 2. The van der Waals surface area contributed by atoms with Crippen LogP contribution < -0.4 is 0 Å². The van der Waals surface area contributed by atoms with Crippen LogP contribution in [0, 0.1) is 0 Å². The van der Waals surface area contributed by atoms with Gasteiger partial charge in [0, 0.05) is 24.0 Å². The highest BCUT2D eigenvalue weighted by atomic mass is 16.6. The molecule has 0 spiro atoms. The van der Waals surface area contributed by atoms with Gasteiger partial charge in [-0.25, -0.2) is 4.79 Å². The molecule has 116 valence electrons. The van der Waals surface area contributed by atoms with E-state index in [0.29, 0.717) is 6.42 Å².